The normalized spacial score (nSPS) is 11.2. The Bertz CT molecular complexity index is 477. The molecular weight excluding hydrogens is 186 g/mol. The minimum Gasteiger partial charge on any atom is -0.302 e. The minimum absolute atomic E-state index is 0.783. The summed E-state index contributed by atoms with van der Waals surface area (Å²) in [5.74, 6) is 0.885. The van der Waals surface area contributed by atoms with Crippen LogP contribution in [0.25, 0.3) is 10.9 Å². The van der Waals surface area contributed by atoms with Crippen LogP contribution in [0.1, 0.15) is 11.5 Å². The number of benzene rings is 1. The van der Waals surface area contributed by atoms with Crippen LogP contribution in [0.15, 0.2) is 24.3 Å². The summed E-state index contributed by atoms with van der Waals surface area (Å²) in [4.78, 5) is 11.1. The van der Waals surface area contributed by atoms with E-state index in [2.05, 4.69) is 20.9 Å². The van der Waals surface area contributed by atoms with E-state index in [1.807, 2.05) is 39.2 Å². The molecule has 3 nitrogen and oxygen atoms in total. The molecule has 0 atom stereocenters. The number of aromatic nitrogens is 2. The number of para-hydroxylation sites is 1. The van der Waals surface area contributed by atoms with Gasteiger partial charge in [0.2, 0.25) is 0 Å². The van der Waals surface area contributed by atoms with Crippen molar-refractivity contribution in [2.24, 2.45) is 0 Å². The summed E-state index contributed by atoms with van der Waals surface area (Å²) in [5.41, 5.74) is 2.08. The zero-order valence-electron chi connectivity index (χ0n) is 9.36. The highest BCUT2D eigenvalue weighted by molar-refractivity contribution is 5.80. The van der Waals surface area contributed by atoms with Crippen LogP contribution in [0.5, 0.6) is 0 Å². The third-order valence-corrected chi connectivity index (χ3v) is 2.30. The number of nitrogens with zero attached hydrogens (tertiary/aromatic N) is 3. The first-order valence-electron chi connectivity index (χ1n) is 5.04. The van der Waals surface area contributed by atoms with Crippen LogP contribution < -0.4 is 0 Å². The number of hydrogen-bond acceptors (Lipinski definition) is 3. The van der Waals surface area contributed by atoms with Crippen LogP contribution in [0, 0.1) is 6.92 Å². The van der Waals surface area contributed by atoms with E-state index in [1.54, 1.807) is 0 Å². The van der Waals surface area contributed by atoms with Gasteiger partial charge in [0, 0.05) is 11.1 Å². The van der Waals surface area contributed by atoms with E-state index in [0.717, 1.165) is 29.0 Å². The second-order valence-corrected chi connectivity index (χ2v) is 3.98. The molecule has 2 rings (SSSR count). The highest BCUT2D eigenvalue weighted by Gasteiger charge is 2.04. The molecule has 0 saturated carbocycles. The van der Waals surface area contributed by atoms with Gasteiger partial charge in [-0.1, -0.05) is 18.2 Å². The molecule has 2 aromatic rings. The van der Waals surface area contributed by atoms with Gasteiger partial charge in [-0.15, -0.1) is 0 Å². The van der Waals surface area contributed by atoms with Gasteiger partial charge in [0.1, 0.15) is 5.82 Å². The Morgan fingerprint density at radius 3 is 2.60 bits per heavy atom. The molecule has 78 valence electrons. The quantitative estimate of drug-likeness (QED) is 0.744. The second kappa shape index (κ2) is 3.95. The average Bonchev–Trinajstić information content (AvgIpc) is 2.16. The smallest absolute Gasteiger partial charge is 0.143 e. The van der Waals surface area contributed by atoms with Gasteiger partial charge in [-0.3, -0.25) is 0 Å². The monoisotopic (exact) mass is 201 g/mol. The zero-order chi connectivity index (χ0) is 10.8. The molecule has 0 radical (unpaired) electrons. The molecular formula is C12H15N3. The van der Waals surface area contributed by atoms with E-state index < -0.39 is 0 Å². The van der Waals surface area contributed by atoms with Crippen molar-refractivity contribution in [3.8, 4) is 0 Å². The number of fused-ring (bicyclic) bond motifs is 1. The highest BCUT2D eigenvalue weighted by Crippen LogP contribution is 2.14. The Morgan fingerprint density at radius 2 is 1.87 bits per heavy atom. The first kappa shape index (κ1) is 10.1. The first-order valence-corrected chi connectivity index (χ1v) is 5.04. The molecule has 0 saturated heterocycles. The SMILES string of the molecule is Cc1nc(CN(C)C)nc2ccccc12. The standard InChI is InChI=1S/C12H15N3/c1-9-10-6-4-5-7-11(10)14-12(13-9)8-15(2)3/h4-7H,8H2,1-3H3. The maximum absolute atomic E-state index is 4.52. The molecule has 0 aliphatic carbocycles. The van der Waals surface area contributed by atoms with Crippen molar-refractivity contribution in [1.82, 2.24) is 14.9 Å². The van der Waals surface area contributed by atoms with E-state index in [9.17, 15) is 0 Å². The van der Waals surface area contributed by atoms with E-state index in [1.165, 1.54) is 0 Å². The molecule has 0 N–H and O–H groups in total. The van der Waals surface area contributed by atoms with Crippen LogP contribution in [0.2, 0.25) is 0 Å². The van der Waals surface area contributed by atoms with Crippen molar-refractivity contribution in [2.75, 3.05) is 14.1 Å². The number of rotatable bonds is 2. The molecule has 1 heterocycles. The van der Waals surface area contributed by atoms with Gasteiger partial charge in [-0.05, 0) is 27.1 Å². The van der Waals surface area contributed by atoms with Gasteiger partial charge in [-0.2, -0.15) is 0 Å². The molecule has 0 fully saturated rings. The summed E-state index contributed by atoms with van der Waals surface area (Å²) in [5, 5.41) is 1.14. The number of aryl methyl sites for hydroxylation is 1. The van der Waals surface area contributed by atoms with Gasteiger partial charge in [-0.25, -0.2) is 9.97 Å². The van der Waals surface area contributed by atoms with Crippen LogP contribution in [0.4, 0.5) is 0 Å². The second-order valence-electron chi connectivity index (χ2n) is 3.98. The summed E-state index contributed by atoms with van der Waals surface area (Å²) in [6.07, 6.45) is 0. The Balaban J connectivity index is 2.52. The molecule has 3 heteroatoms. The Labute approximate surface area is 89.8 Å². The molecule has 0 aliphatic rings. The van der Waals surface area contributed by atoms with Crippen LogP contribution in [-0.4, -0.2) is 29.0 Å². The molecule has 0 spiro atoms. The number of hydrogen-bond donors (Lipinski definition) is 0. The van der Waals surface area contributed by atoms with Gasteiger partial charge < -0.3 is 4.90 Å². The summed E-state index contributed by atoms with van der Waals surface area (Å²) >= 11 is 0. The van der Waals surface area contributed by atoms with E-state index >= 15 is 0 Å². The largest absolute Gasteiger partial charge is 0.302 e. The lowest BCUT2D eigenvalue weighted by molar-refractivity contribution is 0.390. The van der Waals surface area contributed by atoms with Crippen molar-refractivity contribution in [3.05, 3.63) is 35.8 Å². The van der Waals surface area contributed by atoms with Crippen molar-refractivity contribution >= 4 is 10.9 Å². The predicted molar refractivity (Wildman–Crippen MR) is 61.7 cm³/mol. The molecule has 1 aromatic heterocycles. The van der Waals surface area contributed by atoms with E-state index in [-0.39, 0.29) is 0 Å². The fourth-order valence-corrected chi connectivity index (χ4v) is 1.65. The van der Waals surface area contributed by atoms with Crippen LogP contribution in [-0.2, 0) is 6.54 Å². The lowest BCUT2D eigenvalue weighted by Crippen LogP contribution is -2.13. The van der Waals surface area contributed by atoms with E-state index in [0.29, 0.717) is 0 Å². The summed E-state index contributed by atoms with van der Waals surface area (Å²) < 4.78 is 0. The Hall–Kier alpha value is -1.48. The highest BCUT2D eigenvalue weighted by atomic mass is 15.1. The topological polar surface area (TPSA) is 29.0 Å². The molecule has 0 aliphatic heterocycles. The third kappa shape index (κ3) is 2.13. The predicted octanol–water partition coefficient (Wildman–Crippen LogP) is 2.00. The summed E-state index contributed by atoms with van der Waals surface area (Å²) in [6.45, 7) is 2.81. The lowest BCUT2D eigenvalue weighted by Gasteiger charge is -2.09. The Morgan fingerprint density at radius 1 is 1.13 bits per heavy atom. The minimum atomic E-state index is 0.783. The molecule has 0 bridgehead atoms. The van der Waals surface area contributed by atoms with Gasteiger partial charge in [0.25, 0.3) is 0 Å². The van der Waals surface area contributed by atoms with E-state index in [4.69, 9.17) is 0 Å². The molecule has 15 heavy (non-hydrogen) atoms. The fraction of sp³-hybridized carbons (Fsp3) is 0.333. The van der Waals surface area contributed by atoms with Crippen LogP contribution >= 0.6 is 0 Å². The molecule has 1 aromatic carbocycles. The maximum Gasteiger partial charge on any atom is 0.143 e. The van der Waals surface area contributed by atoms with Crippen molar-refractivity contribution in [3.63, 3.8) is 0 Å². The Kier molecular flexibility index (Phi) is 2.64. The average molecular weight is 201 g/mol. The van der Waals surface area contributed by atoms with Gasteiger partial charge >= 0.3 is 0 Å². The van der Waals surface area contributed by atoms with Gasteiger partial charge in [0.15, 0.2) is 0 Å². The third-order valence-electron chi connectivity index (χ3n) is 2.30. The van der Waals surface area contributed by atoms with Crippen molar-refractivity contribution in [1.29, 1.82) is 0 Å². The summed E-state index contributed by atoms with van der Waals surface area (Å²) in [7, 11) is 4.04. The first-order chi connectivity index (χ1) is 7.16. The van der Waals surface area contributed by atoms with Crippen molar-refractivity contribution < 1.29 is 0 Å². The van der Waals surface area contributed by atoms with Gasteiger partial charge in [0.05, 0.1) is 12.1 Å². The zero-order valence-corrected chi connectivity index (χ0v) is 9.36. The lowest BCUT2D eigenvalue weighted by atomic mass is 10.2. The van der Waals surface area contributed by atoms with Crippen molar-refractivity contribution in [2.45, 2.75) is 13.5 Å². The fourth-order valence-electron chi connectivity index (χ4n) is 1.65. The van der Waals surface area contributed by atoms with Crippen LogP contribution in [0.3, 0.4) is 0 Å². The molecule has 0 amide bonds. The molecule has 0 unspecified atom stereocenters. The maximum atomic E-state index is 4.52. The summed E-state index contributed by atoms with van der Waals surface area (Å²) in [6, 6.07) is 8.12.